The van der Waals surface area contributed by atoms with Crippen LogP contribution >= 0.6 is 15.9 Å². The lowest BCUT2D eigenvalue weighted by Gasteiger charge is -2.15. The molecule has 2 aromatic rings. The monoisotopic (exact) mass is 362 g/mol. The van der Waals surface area contributed by atoms with Crippen LogP contribution in [0.15, 0.2) is 28.7 Å². The number of anilines is 1. The number of rotatable bonds is 3. The predicted octanol–water partition coefficient (Wildman–Crippen LogP) is 1.99. The van der Waals surface area contributed by atoms with E-state index >= 15 is 0 Å². The third-order valence-electron chi connectivity index (χ3n) is 3.84. The van der Waals surface area contributed by atoms with E-state index in [1.165, 1.54) is 4.90 Å². The van der Waals surface area contributed by atoms with Crippen LogP contribution in [0.5, 0.6) is 0 Å². The molecule has 6 nitrogen and oxygen atoms in total. The molecule has 1 aliphatic rings. The van der Waals surface area contributed by atoms with Crippen LogP contribution in [0.3, 0.4) is 0 Å². The van der Waals surface area contributed by atoms with Crippen LogP contribution in [-0.4, -0.2) is 28.6 Å². The number of aromatic nitrogens is 2. The summed E-state index contributed by atoms with van der Waals surface area (Å²) in [6, 6.07) is 7.78. The number of amides is 2. The van der Waals surface area contributed by atoms with E-state index in [4.69, 9.17) is 5.73 Å². The molecule has 0 spiro atoms. The van der Waals surface area contributed by atoms with Crippen LogP contribution in [-0.2, 0) is 9.59 Å². The number of benzene rings is 1. The molecule has 1 aromatic carbocycles. The molecule has 0 bridgehead atoms. The van der Waals surface area contributed by atoms with Gasteiger partial charge in [0.25, 0.3) is 0 Å². The quantitative estimate of drug-likeness (QED) is 0.874. The zero-order valence-corrected chi connectivity index (χ0v) is 13.6. The summed E-state index contributed by atoms with van der Waals surface area (Å²) >= 11 is 3.41. The SMILES string of the molecule is Cc1[nH]nc(N2CC(C(N)=O)CC2=O)c1-c1ccc(Br)cc1. The molecule has 114 valence electrons. The van der Waals surface area contributed by atoms with Crippen LogP contribution < -0.4 is 10.6 Å². The Bertz CT molecular complexity index is 739. The highest BCUT2D eigenvalue weighted by Gasteiger charge is 2.36. The van der Waals surface area contributed by atoms with Gasteiger partial charge in [-0.2, -0.15) is 5.10 Å². The number of hydrogen-bond donors (Lipinski definition) is 2. The first-order valence-corrected chi connectivity index (χ1v) is 7.67. The largest absolute Gasteiger partial charge is 0.369 e. The number of hydrogen-bond acceptors (Lipinski definition) is 3. The first-order valence-electron chi connectivity index (χ1n) is 6.88. The van der Waals surface area contributed by atoms with Gasteiger partial charge in [-0.15, -0.1) is 0 Å². The molecule has 0 radical (unpaired) electrons. The van der Waals surface area contributed by atoms with E-state index in [2.05, 4.69) is 26.1 Å². The molecular formula is C15H15BrN4O2. The molecule has 0 aliphatic carbocycles. The molecule has 2 heterocycles. The van der Waals surface area contributed by atoms with Crippen molar-refractivity contribution in [2.24, 2.45) is 11.7 Å². The fourth-order valence-electron chi connectivity index (χ4n) is 2.68. The Labute approximate surface area is 135 Å². The molecule has 0 saturated carbocycles. The molecule has 2 amide bonds. The molecular weight excluding hydrogens is 348 g/mol. The van der Waals surface area contributed by atoms with Gasteiger partial charge in [-0.1, -0.05) is 28.1 Å². The summed E-state index contributed by atoms with van der Waals surface area (Å²) in [5.74, 6) is -0.488. The number of nitrogens with two attached hydrogens (primary N) is 1. The second-order valence-electron chi connectivity index (χ2n) is 5.36. The first kappa shape index (κ1) is 14.8. The Morgan fingerprint density at radius 2 is 2.09 bits per heavy atom. The number of nitrogens with one attached hydrogen (secondary N) is 1. The summed E-state index contributed by atoms with van der Waals surface area (Å²) in [5, 5.41) is 7.18. The second kappa shape index (κ2) is 5.57. The highest BCUT2D eigenvalue weighted by molar-refractivity contribution is 9.10. The number of H-pyrrole nitrogens is 1. The average Bonchev–Trinajstić information content (AvgIpc) is 3.03. The van der Waals surface area contributed by atoms with Gasteiger partial charge in [0.15, 0.2) is 5.82 Å². The van der Waals surface area contributed by atoms with Gasteiger partial charge in [-0.25, -0.2) is 0 Å². The van der Waals surface area contributed by atoms with Gasteiger partial charge in [0.2, 0.25) is 11.8 Å². The van der Waals surface area contributed by atoms with Crippen molar-refractivity contribution < 1.29 is 9.59 Å². The van der Waals surface area contributed by atoms with E-state index in [0.29, 0.717) is 5.82 Å². The van der Waals surface area contributed by atoms with Gasteiger partial charge in [0.05, 0.1) is 5.92 Å². The number of aryl methyl sites for hydroxylation is 1. The number of halogens is 1. The van der Waals surface area contributed by atoms with Crippen LogP contribution in [0, 0.1) is 12.8 Å². The van der Waals surface area contributed by atoms with Crippen molar-refractivity contribution in [1.82, 2.24) is 10.2 Å². The third-order valence-corrected chi connectivity index (χ3v) is 4.37. The van der Waals surface area contributed by atoms with Crippen LogP contribution in [0.25, 0.3) is 11.1 Å². The van der Waals surface area contributed by atoms with Gasteiger partial charge in [0, 0.05) is 28.7 Å². The Morgan fingerprint density at radius 3 is 2.68 bits per heavy atom. The Kier molecular flexibility index (Phi) is 3.74. The van der Waals surface area contributed by atoms with E-state index in [-0.39, 0.29) is 18.9 Å². The predicted molar refractivity (Wildman–Crippen MR) is 86.1 cm³/mol. The lowest BCUT2D eigenvalue weighted by Crippen LogP contribution is -2.29. The second-order valence-corrected chi connectivity index (χ2v) is 6.28. The average molecular weight is 363 g/mol. The van der Waals surface area contributed by atoms with E-state index in [0.717, 1.165) is 21.3 Å². The van der Waals surface area contributed by atoms with E-state index in [1.54, 1.807) is 0 Å². The maximum Gasteiger partial charge on any atom is 0.229 e. The van der Waals surface area contributed by atoms with Gasteiger partial charge in [-0.05, 0) is 24.6 Å². The normalized spacial score (nSPS) is 18.0. The van der Waals surface area contributed by atoms with Gasteiger partial charge in [0.1, 0.15) is 0 Å². The molecule has 1 unspecified atom stereocenters. The van der Waals surface area contributed by atoms with E-state index < -0.39 is 11.8 Å². The molecule has 3 rings (SSSR count). The van der Waals surface area contributed by atoms with Crippen molar-refractivity contribution in [3.8, 4) is 11.1 Å². The topological polar surface area (TPSA) is 92.1 Å². The van der Waals surface area contributed by atoms with Crippen molar-refractivity contribution in [3.05, 3.63) is 34.4 Å². The summed E-state index contributed by atoms with van der Waals surface area (Å²) in [6.45, 7) is 2.18. The standard InChI is InChI=1S/C15H15BrN4O2/c1-8-13(9-2-4-11(16)5-3-9)15(19-18-8)20-7-10(14(17)22)6-12(20)21/h2-5,10H,6-7H2,1H3,(H2,17,22)(H,18,19). The van der Waals surface area contributed by atoms with Gasteiger partial charge in [-0.3, -0.25) is 19.6 Å². The van der Waals surface area contributed by atoms with Crippen LogP contribution in [0.1, 0.15) is 12.1 Å². The maximum atomic E-state index is 12.2. The highest BCUT2D eigenvalue weighted by Crippen LogP contribution is 2.35. The molecule has 1 aromatic heterocycles. The minimum Gasteiger partial charge on any atom is -0.369 e. The fraction of sp³-hybridized carbons (Fsp3) is 0.267. The Hall–Kier alpha value is -2.15. The minimum absolute atomic E-state index is 0.131. The Morgan fingerprint density at radius 1 is 1.41 bits per heavy atom. The van der Waals surface area contributed by atoms with Crippen molar-refractivity contribution in [3.63, 3.8) is 0 Å². The summed E-state index contributed by atoms with van der Waals surface area (Å²) < 4.78 is 0.977. The number of carbonyl (C=O) groups is 2. The van der Waals surface area contributed by atoms with Crippen LogP contribution in [0.2, 0.25) is 0 Å². The fourth-order valence-corrected chi connectivity index (χ4v) is 2.94. The summed E-state index contributed by atoms with van der Waals surface area (Å²) in [7, 11) is 0. The van der Waals surface area contributed by atoms with Crippen molar-refractivity contribution in [1.29, 1.82) is 0 Å². The Balaban J connectivity index is 2.01. The zero-order chi connectivity index (χ0) is 15.9. The summed E-state index contributed by atoms with van der Waals surface area (Å²) in [6.07, 6.45) is 0.140. The van der Waals surface area contributed by atoms with Gasteiger partial charge >= 0.3 is 0 Å². The molecule has 1 aliphatic heterocycles. The number of nitrogens with zero attached hydrogens (tertiary/aromatic N) is 2. The molecule has 7 heteroatoms. The summed E-state index contributed by atoms with van der Waals surface area (Å²) in [5.41, 5.74) is 8.01. The van der Waals surface area contributed by atoms with Crippen molar-refractivity contribution >= 4 is 33.6 Å². The smallest absolute Gasteiger partial charge is 0.229 e. The molecule has 1 fully saturated rings. The third kappa shape index (κ3) is 2.52. The molecule has 22 heavy (non-hydrogen) atoms. The lowest BCUT2D eigenvalue weighted by atomic mass is 10.1. The minimum atomic E-state index is -0.456. The zero-order valence-electron chi connectivity index (χ0n) is 12.0. The highest BCUT2D eigenvalue weighted by atomic mass is 79.9. The van der Waals surface area contributed by atoms with Crippen molar-refractivity contribution in [2.75, 3.05) is 11.4 Å². The number of primary amides is 1. The van der Waals surface area contributed by atoms with Crippen LogP contribution in [0.4, 0.5) is 5.82 Å². The molecule has 1 saturated heterocycles. The molecule has 3 N–H and O–H groups in total. The van der Waals surface area contributed by atoms with Gasteiger partial charge < -0.3 is 5.73 Å². The maximum absolute atomic E-state index is 12.2. The van der Waals surface area contributed by atoms with E-state index in [1.807, 2.05) is 31.2 Å². The number of carbonyl (C=O) groups excluding carboxylic acids is 2. The van der Waals surface area contributed by atoms with E-state index in [9.17, 15) is 9.59 Å². The van der Waals surface area contributed by atoms with Crippen molar-refractivity contribution in [2.45, 2.75) is 13.3 Å². The number of aromatic amines is 1. The first-order chi connectivity index (χ1) is 10.5. The lowest BCUT2D eigenvalue weighted by molar-refractivity contribution is -0.123. The molecule has 1 atom stereocenters. The summed E-state index contributed by atoms with van der Waals surface area (Å²) in [4.78, 5) is 25.1.